The third-order valence-electron chi connectivity index (χ3n) is 3.17. The van der Waals surface area contributed by atoms with E-state index in [9.17, 15) is 4.79 Å². The molecule has 1 aromatic carbocycles. The normalized spacial score (nSPS) is 14.8. The molecule has 2 rings (SSSR count). The summed E-state index contributed by atoms with van der Waals surface area (Å²) < 4.78 is 20.8. The molecule has 1 aromatic rings. The summed E-state index contributed by atoms with van der Waals surface area (Å²) in [6, 6.07) is 7.11. The minimum absolute atomic E-state index is 0. The molecular formula is C15H22ClNO5. The lowest BCUT2D eigenvalue weighted by atomic mass is 10.3. The minimum atomic E-state index is -0.369. The molecule has 0 aromatic heterocycles. The van der Waals surface area contributed by atoms with Gasteiger partial charge in [-0.25, -0.2) is 4.79 Å². The second-order valence-electron chi connectivity index (χ2n) is 4.64. The molecule has 1 fully saturated rings. The molecule has 0 unspecified atom stereocenters. The summed E-state index contributed by atoms with van der Waals surface area (Å²) in [7, 11) is 1.58. The van der Waals surface area contributed by atoms with Crippen molar-refractivity contribution in [2.24, 2.45) is 0 Å². The minimum Gasteiger partial charge on any atom is -0.497 e. The van der Waals surface area contributed by atoms with Crippen LogP contribution in [0.2, 0.25) is 0 Å². The SMILES string of the molecule is COc1cccc(OCC(=O)OCCN2CCOCC2)c1.Cl. The van der Waals surface area contributed by atoms with Gasteiger partial charge in [-0.05, 0) is 12.1 Å². The van der Waals surface area contributed by atoms with Crippen molar-refractivity contribution in [3.05, 3.63) is 24.3 Å². The number of benzene rings is 1. The number of hydrogen-bond acceptors (Lipinski definition) is 6. The molecule has 1 heterocycles. The number of rotatable bonds is 7. The zero-order chi connectivity index (χ0) is 14.9. The van der Waals surface area contributed by atoms with E-state index in [0.29, 0.717) is 18.1 Å². The lowest BCUT2D eigenvalue weighted by molar-refractivity contribution is -0.146. The number of carbonyl (C=O) groups is 1. The van der Waals surface area contributed by atoms with Gasteiger partial charge in [0.1, 0.15) is 18.1 Å². The van der Waals surface area contributed by atoms with Crippen LogP contribution in [0.4, 0.5) is 0 Å². The van der Waals surface area contributed by atoms with Crippen molar-refractivity contribution < 1.29 is 23.7 Å². The summed E-state index contributed by atoms with van der Waals surface area (Å²) in [6.07, 6.45) is 0. The first-order chi connectivity index (χ1) is 10.3. The van der Waals surface area contributed by atoms with E-state index in [0.717, 1.165) is 32.8 Å². The maximum atomic E-state index is 11.6. The van der Waals surface area contributed by atoms with Crippen molar-refractivity contribution in [2.45, 2.75) is 0 Å². The molecule has 1 saturated heterocycles. The molecule has 0 bridgehead atoms. The number of nitrogens with zero attached hydrogens (tertiary/aromatic N) is 1. The van der Waals surface area contributed by atoms with Crippen LogP contribution in [0.5, 0.6) is 11.5 Å². The van der Waals surface area contributed by atoms with Crippen molar-refractivity contribution in [1.82, 2.24) is 4.90 Å². The highest BCUT2D eigenvalue weighted by atomic mass is 35.5. The molecule has 0 saturated carbocycles. The Hall–Kier alpha value is -1.50. The van der Waals surface area contributed by atoms with Crippen LogP contribution in [0.3, 0.4) is 0 Å². The van der Waals surface area contributed by atoms with Gasteiger partial charge in [-0.2, -0.15) is 0 Å². The molecule has 0 radical (unpaired) electrons. The molecule has 0 atom stereocenters. The molecule has 124 valence electrons. The van der Waals surface area contributed by atoms with Crippen molar-refractivity contribution in [3.63, 3.8) is 0 Å². The number of halogens is 1. The Labute approximate surface area is 136 Å². The molecule has 0 amide bonds. The van der Waals surface area contributed by atoms with Gasteiger partial charge >= 0.3 is 5.97 Å². The zero-order valence-corrected chi connectivity index (χ0v) is 13.5. The van der Waals surface area contributed by atoms with Gasteiger partial charge in [0.25, 0.3) is 0 Å². The second-order valence-corrected chi connectivity index (χ2v) is 4.64. The smallest absolute Gasteiger partial charge is 0.344 e. The topological polar surface area (TPSA) is 57.2 Å². The van der Waals surface area contributed by atoms with E-state index < -0.39 is 0 Å². The Kier molecular flexibility index (Phi) is 8.65. The number of esters is 1. The number of carbonyl (C=O) groups excluding carboxylic acids is 1. The molecule has 22 heavy (non-hydrogen) atoms. The zero-order valence-electron chi connectivity index (χ0n) is 12.7. The number of methoxy groups -OCH3 is 1. The Morgan fingerprint density at radius 1 is 1.27 bits per heavy atom. The molecule has 7 heteroatoms. The lowest BCUT2D eigenvalue weighted by Crippen LogP contribution is -2.38. The molecule has 0 N–H and O–H groups in total. The van der Waals surface area contributed by atoms with Gasteiger partial charge in [-0.15, -0.1) is 12.4 Å². The first kappa shape index (κ1) is 18.5. The third kappa shape index (κ3) is 6.51. The molecule has 6 nitrogen and oxygen atoms in total. The molecule has 0 spiro atoms. The van der Waals surface area contributed by atoms with Crippen molar-refractivity contribution in [2.75, 3.05) is 53.2 Å². The van der Waals surface area contributed by atoms with Crippen LogP contribution in [-0.2, 0) is 14.3 Å². The largest absolute Gasteiger partial charge is 0.497 e. The Morgan fingerprint density at radius 3 is 2.73 bits per heavy atom. The molecule has 1 aliphatic rings. The molecule has 1 aliphatic heterocycles. The van der Waals surface area contributed by atoms with Gasteiger partial charge in [-0.1, -0.05) is 6.07 Å². The van der Waals surface area contributed by atoms with Crippen molar-refractivity contribution in [1.29, 1.82) is 0 Å². The monoisotopic (exact) mass is 331 g/mol. The number of ether oxygens (including phenoxy) is 4. The molecular weight excluding hydrogens is 310 g/mol. The summed E-state index contributed by atoms with van der Waals surface area (Å²) in [5.74, 6) is 0.902. The van der Waals surface area contributed by atoms with Crippen LogP contribution in [-0.4, -0.2) is 64.0 Å². The average Bonchev–Trinajstić information content (AvgIpc) is 2.54. The first-order valence-corrected chi connectivity index (χ1v) is 7.00. The van der Waals surface area contributed by atoms with Crippen LogP contribution in [0.1, 0.15) is 0 Å². The second kappa shape index (κ2) is 10.3. The van der Waals surface area contributed by atoms with E-state index in [-0.39, 0.29) is 25.0 Å². The predicted molar refractivity (Wildman–Crippen MR) is 84.0 cm³/mol. The van der Waals surface area contributed by atoms with Gasteiger partial charge in [0.05, 0.1) is 20.3 Å². The van der Waals surface area contributed by atoms with Gasteiger partial charge in [0.15, 0.2) is 6.61 Å². The maximum Gasteiger partial charge on any atom is 0.344 e. The van der Waals surface area contributed by atoms with Crippen molar-refractivity contribution in [3.8, 4) is 11.5 Å². The third-order valence-corrected chi connectivity index (χ3v) is 3.17. The average molecular weight is 332 g/mol. The first-order valence-electron chi connectivity index (χ1n) is 7.00. The summed E-state index contributed by atoms with van der Waals surface area (Å²) in [6.45, 7) is 4.26. The van der Waals surface area contributed by atoms with Gasteiger partial charge in [0.2, 0.25) is 0 Å². The van der Waals surface area contributed by atoms with Gasteiger partial charge in [-0.3, -0.25) is 4.90 Å². The van der Waals surface area contributed by atoms with Crippen LogP contribution in [0.15, 0.2) is 24.3 Å². The van der Waals surface area contributed by atoms with Gasteiger partial charge < -0.3 is 18.9 Å². The van der Waals surface area contributed by atoms with E-state index in [2.05, 4.69) is 4.90 Å². The van der Waals surface area contributed by atoms with Crippen LogP contribution in [0.25, 0.3) is 0 Å². The summed E-state index contributed by atoms with van der Waals surface area (Å²) in [4.78, 5) is 13.8. The quantitative estimate of drug-likeness (QED) is 0.703. The highest BCUT2D eigenvalue weighted by Gasteiger charge is 2.11. The van der Waals surface area contributed by atoms with E-state index in [4.69, 9.17) is 18.9 Å². The molecule has 0 aliphatic carbocycles. The van der Waals surface area contributed by atoms with Crippen LogP contribution < -0.4 is 9.47 Å². The Bertz CT molecular complexity index is 451. The summed E-state index contributed by atoms with van der Waals surface area (Å²) >= 11 is 0. The maximum absolute atomic E-state index is 11.6. The fraction of sp³-hybridized carbons (Fsp3) is 0.533. The van der Waals surface area contributed by atoms with E-state index in [1.165, 1.54) is 0 Å². The standard InChI is InChI=1S/C15H21NO5.ClH/c1-18-13-3-2-4-14(11-13)21-12-15(17)20-10-7-16-5-8-19-9-6-16;/h2-4,11H,5-10,12H2,1H3;1H. The van der Waals surface area contributed by atoms with E-state index in [1.807, 2.05) is 6.07 Å². The van der Waals surface area contributed by atoms with Gasteiger partial charge in [0, 0.05) is 25.7 Å². The summed E-state index contributed by atoms with van der Waals surface area (Å²) in [5, 5.41) is 0. The highest BCUT2D eigenvalue weighted by molar-refractivity contribution is 5.85. The van der Waals surface area contributed by atoms with Crippen molar-refractivity contribution >= 4 is 18.4 Å². The highest BCUT2D eigenvalue weighted by Crippen LogP contribution is 2.18. The fourth-order valence-corrected chi connectivity index (χ4v) is 1.99. The Balaban J connectivity index is 0.00000242. The predicted octanol–water partition coefficient (Wildman–Crippen LogP) is 1.37. The van der Waals surface area contributed by atoms with E-state index in [1.54, 1.807) is 25.3 Å². The van der Waals surface area contributed by atoms with E-state index >= 15 is 0 Å². The fourth-order valence-electron chi connectivity index (χ4n) is 1.99. The van der Waals surface area contributed by atoms with Crippen LogP contribution in [0, 0.1) is 0 Å². The number of morpholine rings is 1. The lowest BCUT2D eigenvalue weighted by Gasteiger charge is -2.26. The van der Waals surface area contributed by atoms with Crippen LogP contribution >= 0.6 is 12.4 Å². The summed E-state index contributed by atoms with van der Waals surface area (Å²) in [5.41, 5.74) is 0. The Morgan fingerprint density at radius 2 is 2.00 bits per heavy atom. The number of hydrogen-bond donors (Lipinski definition) is 0.